The number of fused-ring (bicyclic) bond motifs is 3. The summed E-state index contributed by atoms with van der Waals surface area (Å²) in [5.41, 5.74) is 3.98. The Morgan fingerprint density at radius 1 is 1.00 bits per heavy atom. The minimum absolute atomic E-state index is 0.0645. The average molecular weight is 479 g/mol. The SMILES string of the molecule is CC(C)(C)[C@H](NC(=O)OCC1c2ccccc2-c2ccccc21)C(=O)NCC1CCCC1C(=O)O. The molecular weight excluding hydrogens is 444 g/mol. The molecule has 186 valence electrons. The number of benzene rings is 2. The first-order valence-electron chi connectivity index (χ1n) is 12.3. The molecule has 3 N–H and O–H groups in total. The number of carbonyl (C=O) groups excluding carboxylic acids is 2. The van der Waals surface area contributed by atoms with Crippen LogP contribution in [0.2, 0.25) is 0 Å². The highest BCUT2D eigenvalue weighted by atomic mass is 16.5. The van der Waals surface area contributed by atoms with Crippen molar-refractivity contribution in [2.24, 2.45) is 17.3 Å². The highest BCUT2D eigenvalue weighted by molar-refractivity contribution is 5.86. The predicted molar refractivity (Wildman–Crippen MR) is 133 cm³/mol. The number of carboxylic acid groups (broad SMARTS) is 1. The fourth-order valence-corrected chi connectivity index (χ4v) is 5.37. The second kappa shape index (κ2) is 10.1. The number of rotatable bonds is 7. The lowest BCUT2D eigenvalue weighted by Gasteiger charge is -2.30. The Kier molecular flexibility index (Phi) is 7.15. The summed E-state index contributed by atoms with van der Waals surface area (Å²) in [6.07, 6.45) is 1.61. The van der Waals surface area contributed by atoms with E-state index in [0.29, 0.717) is 6.42 Å². The molecule has 0 spiro atoms. The molecule has 0 aliphatic heterocycles. The van der Waals surface area contributed by atoms with E-state index in [2.05, 4.69) is 34.9 Å². The lowest BCUT2D eigenvalue weighted by atomic mass is 9.86. The fraction of sp³-hybridized carbons (Fsp3) is 0.464. The number of nitrogens with one attached hydrogen (secondary N) is 2. The molecule has 1 saturated carbocycles. The largest absolute Gasteiger partial charge is 0.481 e. The van der Waals surface area contributed by atoms with Gasteiger partial charge in [0, 0.05) is 12.5 Å². The smallest absolute Gasteiger partial charge is 0.407 e. The molecule has 1 fully saturated rings. The quantitative estimate of drug-likeness (QED) is 0.541. The third-order valence-corrected chi connectivity index (χ3v) is 7.25. The van der Waals surface area contributed by atoms with Gasteiger partial charge in [-0.05, 0) is 46.4 Å². The van der Waals surface area contributed by atoms with E-state index in [0.717, 1.165) is 35.1 Å². The second-order valence-corrected chi connectivity index (χ2v) is 10.6. The summed E-state index contributed by atoms with van der Waals surface area (Å²) in [7, 11) is 0. The fourth-order valence-electron chi connectivity index (χ4n) is 5.37. The van der Waals surface area contributed by atoms with Crippen LogP contribution < -0.4 is 10.6 Å². The molecule has 2 unspecified atom stereocenters. The zero-order valence-electron chi connectivity index (χ0n) is 20.5. The van der Waals surface area contributed by atoms with Gasteiger partial charge in [-0.3, -0.25) is 9.59 Å². The van der Waals surface area contributed by atoms with Crippen LogP contribution in [0.15, 0.2) is 48.5 Å². The molecule has 35 heavy (non-hydrogen) atoms. The van der Waals surface area contributed by atoms with Gasteiger partial charge in [0.25, 0.3) is 0 Å². The molecule has 0 radical (unpaired) electrons. The van der Waals surface area contributed by atoms with E-state index in [-0.39, 0.29) is 30.9 Å². The van der Waals surface area contributed by atoms with Crippen LogP contribution in [0.25, 0.3) is 11.1 Å². The van der Waals surface area contributed by atoms with Crippen LogP contribution >= 0.6 is 0 Å². The summed E-state index contributed by atoms with van der Waals surface area (Å²) in [4.78, 5) is 37.3. The maximum atomic E-state index is 13.0. The van der Waals surface area contributed by atoms with Crippen LogP contribution in [-0.2, 0) is 14.3 Å². The number of ether oxygens (including phenoxy) is 1. The van der Waals surface area contributed by atoms with Crippen molar-refractivity contribution >= 4 is 18.0 Å². The molecule has 2 aliphatic carbocycles. The van der Waals surface area contributed by atoms with Gasteiger partial charge in [-0.25, -0.2) is 4.79 Å². The van der Waals surface area contributed by atoms with Crippen molar-refractivity contribution < 1.29 is 24.2 Å². The number of amides is 2. The molecule has 2 aromatic rings. The molecule has 7 nitrogen and oxygen atoms in total. The Balaban J connectivity index is 1.38. The minimum atomic E-state index is -0.817. The van der Waals surface area contributed by atoms with Crippen molar-refractivity contribution in [2.45, 2.75) is 52.0 Å². The summed E-state index contributed by atoms with van der Waals surface area (Å²) in [5, 5.41) is 15.0. The molecule has 3 atom stereocenters. The summed E-state index contributed by atoms with van der Waals surface area (Å²) in [6, 6.07) is 15.4. The van der Waals surface area contributed by atoms with E-state index in [4.69, 9.17) is 4.74 Å². The summed E-state index contributed by atoms with van der Waals surface area (Å²) < 4.78 is 5.63. The van der Waals surface area contributed by atoms with Crippen LogP contribution in [0.3, 0.4) is 0 Å². The van der Waals surface area contributed by atoms with Crippen molar-refractivity contribution in [3.8, 4) is 11.1 Å². The van der Waals surface area contributed by atoms with E-state index in [1.54, 1.807) is 0 Å². The number of hydrogen-bond acceptors (Lipinski definition) is 4. The van der Waals surface area contributed by atoms with Gasteiger partial charge < -0.3 is 20.5 Å². The standard InChI is InChI=1S/C28H34N2O5/c1-28(2,3)24(25(31)29-15-17-9-8-14-18(17)26(32)33)30-27(34)35-16-23-21-12-6-4-10-19(21)20-11-5-7-13-22(20)23/h4-7,10-13,17-18,23-24H,8-9,14-16H2,1-3H3,(H,29,31)(H,30,34)(H,32,33)/t17?,18?,24-/m1/s1. The molecule has 0 bridgehead atoms. The second-order valence-electron chi connectivity index (χ2n) is 10.6. The summed E-state index contributed by atoms with van der Waals surface area (Å²) in [6.45, 7) is 6.07. The molecule has 7 heteroatoms. The van der Waals surface area contributed by atoms with Crippen LogP contribution in [0.4, 0.5) is 4.79 Å². The predicted octanol–water partition coefficient (Wildman–Crippen LogP) is 4.56. The normalized spacial score (nSPS) is 20.0. The van der Waals surface area contributed by atoms with E-state index in [1.165, 1.54) is 0 Å². The number of hydrogen-bond donors (Lipinski definition) is 3. The number of aliphatic carboxylic acids is 1. The maximum absolute atomic E-state index is 13.0. The summed E-state index contributed by atoms with van der Waals surface area (Å²) >= 11 is 0. The Morgan fingerprint density at radius 3 is 2.17 bits per heavy atom. The van der Waals surface area contributed by atoms with Gasteiger partial charge in [-0.1, -0.05) is 75.7 Å². The van der Waals surface area contributed by atoms with Gasteiger partial charge in [-0.2, -0.15) is 0 Å². The first kappa shape index (κ1) is 24.8. The van der Waals surface area contributed by atoms with Crippen molar-refractivity contribution in [2.75, 3.05) is 13.2 Å². The number of carboxylic acids is 1. The van der Waals surface area contributed by atoms with Gasteiger partial charge >= 0.3 is 12.1 Å². The molecule has 0 saturated heterocycles. The van der Waals surface area contributed by atoms with Gasteiger partial charge in [0.15, 0.2) is 0 Å². The van der Waals surface area contributed by atoms with E-state index >= 15 is 0 Å². The Labute approximate surface area is 206 Å². The molecule has 4 rings (SSSR count). The molecular formula is C28H34N2O5. The van der Waals surface area contributed by atoms with E-state index in [1.807, 2.05) is 45.0 Å². The first-order valence-corrected chi connectivity index (χ1v) is 12.3. The van der Waals surface area contributed by atoms with Gasteiger partial charge in [0.05, 0.1) is 5.92 Å². The zero-order valence-corrected chi connectivity index (χ0v) is 20.5. The van der Waals surface area contributed by atoms with Gasteiger partial charge in [0.2, 0.25) is 5.91 Å². The van der Waals surface area contributed by atoms with Gasteiger partial charge in [-0.15, -0.1) is 0 Å². The molecule has 0 heterocycles. The van der Waals surface area contributed by atoms with E-state index in [9.17, 15) is 19.5 Å². The van der Waals surface area contributed by atoms with Crippen molar-refractivity contribution in [3.63, 3.8) is 0 Å². The minimum Gasteiger partial charge on any atom is -0.481 e. The Bertz CT molecular complexity index is 1060. The molecule has 2 aromatic carbocycles. The van der Waals surface area contributed by atoms with Gasteiger partial charge in [0.1, 0.15) is 12.6 Å². The highest BCUT2D eigenvalue weighted by Gasteiger charge is 2.37. The summed E-state index contributed by atoms with van der Waals surface area (Å²) in [5.74, 6) is -1.73. The Morgan fingerprint density at radius 2 is 1.60 bits per heavy atom. The van der Waals surface area contributed by atoms with Crippen molar-refractivity contribution in [1.82, 2.24) is 10.6 Å². The lowest BCUT2D eigenvalue weighted by Crippen LogP contribution is -2.54. The van der Waals surface area contributed by atoms with Crippen molar-refractivity contribution in [1.29, 1.82) is 0 Å². The third kappa shape index (κ3) is 5.34. The highest BCUT2D eigenvalue weighted by Crippen LogP contribution is 2.44. The van der Waals surface area contributed by atoms with Crippen molar-refractivity contribution in [3.05, 3.63) is 59.7 Å². The van der Waals surface area contributed by atoms with Crippen LogP contribution in [0, 0.1) is 17.3 Å². The van der Waals surface area contributed by atoms with Crippen LogP contribution in [-0.4, -0.2) is 42.3 Å². The van der Waals surface area contributed by atoms with Crippen LogP contribution in [0.5, 0.6) is 0 Å². The lowest BCUT2D eigenvalue weighted by molar-refractivity contribution is -0.143. The number of alkyl carbamates (subject to hydrolysis) is 1. The zero-order chi connectivity index (χ0) is 25.2. The number of carbonyl (C=O) groups is 3. The van der Waals surface area contributed by atoms with Crippen LogP contribution in [0.1, 0.15) is 57.1 Å². The Hall–Kier alpha value is -3.35. The monoisotopic (exact) mass is 478 g/mol. The van der Waals surface area contributed by atoms with E-state index < -0.39 is 29.4 Å². The maximum Gasteiger partial charge on any atom is 0.407 e. The molecule has 0 aromatic heterocycles. The topological polar surface area (TPSA) is 105 Å². The molecule has 2 aliphatic rings. The first-order chi connectivity index (χ1) is 16.7. The third-order valence-electron chi connectivity index (χ3n) is 7.25. The molecule has 2 amide bonds. The average Bonchev–Trinajstić information content (AvgIpc) is 3.42.